The monoisotopic (exact) mass is 256 g/mol. The van der Waals surface area contributed by atoms with Gasteiger partial charge in [0.15, 0.2) is 5.78 Å². The normalized spacial score (nSPS) is 13.3. The molecule has 1 aromatic heterocycles. The molecule has 0 N–H and O–H groups in total. The van der Waals surface area contributed by atoms with Crippen molar-refractivity contribution in [2.75, 3.05) is 0 Å². The fourth-order valence-electron chi connectivity index (χ4n) is 0.915. The van der Waals surface area contributed by atoms with E-state index in [1.165, 1.54) is 12.3 Å². The maximum atomic E-state index is 10.3. The van der Waals surface area contributed by atoms with Crippen LogP contribution in [-0.2, 0) is 4.79 Å². The number of carbonyl (C=O) groups excluding carboxylic acids is 1. The van der Waals surface area contributed by atoms with Crippen molar-refractivity contribution in [1.29, 1.82) is 0 Å². The average Bonchev–Trinajstić information content (AvgIpc) is 2.26. The lowest BCUT2D eigenvalue weighted by Crippen LogP contribution is -1.95. The Kier molecular flexibility index (Phi) is 5.15. The van der Waals surface area contributed by atoms with Crippen LogP contribution in [0.25, 0.3) is 0 Å². The van der Waals surface area contributed by atoms with Crippen LogP contribution in [0.5, 0.6) is 0 Å². The first kappa shape index (κ1) is 12.9. The average molecular weight is 257 g/mol. The van der Waals surface area contributed by atoms with Crippen molar-refractivity contribution in [3.63, 3.8) is 0 Å². The van der Waals surface area contributed by atoms with E-state index in [-0.39, 0.29) is 5.78 Å². The van der Waals surface area contributed by atoms with Gasteiger partial charge in [-0.1, -0.05) is 23.2 Å². The van der Waals surface area contributed by atoms with Crippen molar-refractivity contribution in [2.24, 2.45) is 4.99 Å². The van der Waals surface area contributed by atoms with Gasteiger partial charge in [-0.25, -0.2) is 4.98 Å². The number of rotatable bonds is 0. The van der Waals surface area contributed by atoms with Crippen molar-refractivity contribution in [3.8, 4) is 0 Å². The van der Waals surface area contributed by atoms with Gasteiger partial charge in [-0.3, -0.25) is 9.79 Å². The van der Waals surface area contributed by atoms with E-state index in [1.54, 1.807) is 18.5 Å². The predicted molar refractivity (Wildman–Crippen MR) is 66.3 cm³/mol. The smallest absolute Gasteiger partial charge is 0.162 e. The van der Waals surface area contributed by atoms with Crippen LogP contribution in [0.1, 0.15) is 12.0 Å². The van der Waals surface area contributed by atoms with Crippen LogP contribution in [0.2, 0.25) is 10.2 Å². The van der Waals surface area contributed by atoms with E-state index in [1.807, 2.05) is 6.92 Å². The lowest BCUT2D eigenvalue weighted by molar-refractivity contribution is -0.113. The second-order valence-corrected chi connectivity index (χ2v) is 3.87. The minimum Gasteiger partial charge on any atom is -0.294 e. The first-order valence-electron chi connectivity index (χ1n) is 4.58. The Morgan fingerprint density at radius 1 is 1.38 bits per heavy atom. The molecule has 0 saturated carbocycles. The van der Waals surface area contributed by atoms with Crippen LogP contribution >= 0.6 is 23.2 Å². The standard InChI is InChI=1S/C6H5Cl2N.C5H5NO/c1-4-2-5(7)6(8)9-3-4;7-5-1-3-6-4-2-5/h2-3H,1H3;1,3-4H,2H2. The summed E-state index contributed by atoms with van der Waals surface area (Å²) < 4.78 is 0. The number of pyridine rings is 1. The summed E-state index contributed by atoms with van der Waals surface area (Å²) in [5, 5.41) is 0.874. The van der Waals surface area contributed by atoms with Gasteiger partial charge in [0.05, 0.1) is 5.02 Å². The van der Waals surface area contributed by atoms with E-state index in [2.05, 4.69) is 9.98 Å². The third kappa shape index (κ3) is 4.55. The zero-order valence-corrected chi connectivity index (χ0v) is 10.2. The Hall–Kier alpha value is -1.19. The Morgan fingerprint density at radius 2 is 2.12 bits per heavy atom. The van der Waals surface area contributed by atoms with E-state index in [0.29, 0.717) is 16.6 Å². The number of carbonyl (C=O) groups is 1. The van der Waals surface area contributed by atoms with Gasteiger partial charge in [0.1, 0.15) is 5.15 Å². The molecule has 0 atom stereocenters. The maximum Gasteiger partial charge on any atom is 0.162 e. The number of halogens is 2. The molecule has 0 aromatic carbocycles. The van der Waals surface area contributed by atoms with Gasteiger partial charge in [0, 0.05) is 25.0 Å². The summed E-state index contributed by atoms with van der Waals surface area (Å²) in [6.07, 6.45) is 6.72. The SMILES string of the molecule is Cc1cnc(Cl)c(Cl)c1.O=C1C=CN=CC1. The molecule has 0 aliphatic carbocycles. The number of hydrogen-bond donors (Lipinski definition) is 0. The maximum absolute atomic E-state index is 10.3. The zero-order valence-electron chi connectivity index (χ0n) is 8.65. The molecule has 16 heavy (non-hydrogen) atoms. The van der Waals surface area contributed by atoms with Crippen molar-refractivity contribution in [1.82, 2.24) is 4.98 Å². The summed E-state index contributed by atoms with van der Waals surface area (Å²) in [5.41, 5.74) is 1.02. The molecule has 0 fully saturated rings. The number of hydrogen-bond acceptors (Lipinski definition) is 3. The molecule has 0 unspecified atom stereocenters. The lowest BCUT2D eigenvalue weighted by Gasteiger charge is -1.93. The first-order chi connectivity index (χ1) is 7.59. The molecule has 0 bridgehead atoms. The summed E-state index contributed by atoms with van der Waals surface area (Å²) in [6, 6.07) is 1.77. The van der Waals surface area contributed by atoms with Crippen molar-refractivity contribution in [2.45, 2.75) is 13.3 Å². The van der Waals surface area contributed by atoms with Crippen molar-refractivity contribution in [3.05, 3.63) is 40.3 Å². The quantitative estimate of drug-likeness (QED) is 0.669. The van der Waals surface area contributed by atoms with Gasteiger partial charge in [-0.2, -0.15) is 0 Å². The van der Waals surface area contributed by atoms with Gasteiger partial charge in [0.2, 0.25) is 0 Å². The fourth-order valence-corrected chi connectivity index (χ4v) is 1.24. The summed E-state index contributed by atoms with van der Waals surface area (Å²) in [6.45, 7) is 1.91. The molecular weight excluding hydrogens is 247 g/mol. The number of aromatic nitrogens is 1. The van der Waals surface area contributed by atoms with E-state index in [0.717, 1.165) is 5.56 Å². The Morgan fingerprint density at radius 3 is 2.50 bits per heavy atom. The van der Waals surface area contributed by atoms with E-state index in [4.69, 9.17) is 23.2 Å². The van der Waals surface area contributed by atoms with Gasteiger partial charge < -0.3 is 0 Å². The number of aryl methyl sites for hydroxylation is 1. The molecule has 1 aliphatic heterocycles. The molecule has 1 aromatic rings. The van der Waals surface area contributed by atoms with Crippen LogP contribution in [0.4, 0.5) is 0 Å². The molecule has 0 amide bonds. The minimum atomic E-state index is 0.134. The first-order valence-corrected chi connectivity index (χ1v) is 5.34. The molecule has 0 spiro atoms. The molecule has 2 rings (SSSR count). The third-order valence-electron chi connectivity index (χ3n) is 1.68. The van der Waals surface area contributed by atoms with Crippen LogP contribution in [0.15, 0.2) is 29.5 Å². The Balaban J connectivity index is 0.000000165. The van der Waals surface area contributed by atoms with Crippen molar-refractivity contribution < 1.29 is 4.79 Å². The number of aliphatic imine (C=N–C) groups is 1. The number of nitrogens with zero attached hydrogens (tertiary/aromatic N) is 2. The molecular formula is C11H10Cl2N2O. The van der Waals surface area contributed by atoms with Crippen LogP contribution in [0, 0.1) is 6.92 Å². The van der Waals surface area contributed by atoms with Gasteiger partial charge in [-0.05, 0) is 24.6 Å². The van der Waals surface area contributed by atoms with E-state index < -0.39 is 0 Å². The molecule has 3 nitrogen and oxygen atoms in total. The highest BCUT2D eigenvalue weighted by molar-refractivity contribution is 6.41. The second-order valence-electron chi connectivity index (χ2n) is 3.10. The van der Waals surface area contributed by atoms with Crippen LogP contribution in [0.3, 0.4) is 0 Å². The van der Waals surface area contributed by atoms with Gasteiger partial charge >= 0.3 is 0 Å². The number of allylic oxidation sites excluding steroid dienone is 1. The topological polar surface area (TPSA) is 42.3 Å². The Labute approximate surface area is 104 Å². The predicted octanol–water partition coefficient (Wildman–Crippen LogP) is 3.24. The summed E-state index contributed by atoms with van der Waals surface area (Å²) in [5.74, 6) is 0.134. The van der Waals surface area contributed by atoms with Crippen molar-refractivity contribution >= 4 is 35.2 Å². The summed E-state index contributed by atoms with van der Waals surface area (Å²) >= 11 is 11.2. The van der Waals surface area contributed by atoms with Crippen LogP contribution in [-0.4, -0.2) is 17.0 Å². The highest BCUT2D eigenvalue weighted by Gasteiger charge is 1.95. The van der Waals surface area contributed by atoms with E-state index >= 15 is 0 Å². The van der Waals surface area contributed by atoms with Crippen LogP contribution < -0.4 is 0 Å². The molecule has 0 saturated heterocycles. The second kappa shape index (κ2) is 6.40. The third-order valence-corrected chi connectivity index (χ3v) is 2.36. The summed E-state index contributed by atoms with van der Waals surface area (Å²) in [7, 11) is 0. The molecule has 84 valence electrons. The minimum absolute atomic E-state index is 0.134. The largest absolute Gasteiger partial charge is 0.294 e. The van der Waals surface area contributed by atoms with E-state index in [9.17, 15) is 4.79 Å². The van der Waals surface area contributed by atoms with Gasteiger partial charge in [-0.15, -0.1) is 0 Å². The molecule has 0 radical (unpaired) electrons. The Bertz CT molecular complexity index is 442. The fraction of sp³-hybridized carbons (Fsp3) is 0.182. The van der Waals surface area contributed by atoms with Gasteiger partial charge in [0.25, 0.3) is 0 Å². The molecule has 1 aliphatic rings. The zero-order chi connectivity index (χ0) is 12.0. The number of ketones is 1. The highest BCUT2D eigenvalue weighted by Crippen LogP contribution is 2.18. The lowest BCUT2D eigenvalue weighted by atomic mass is 10.3. The highest BCUT2D eigenvalue weighted by atomic mass is 35.5. The molecule has 5 heteroatoms. The summed E-state index contributed by atoms with van der Waals surface area (Å²) in [4.78, 5) is 17.8. The molecule has 2 heterocycles.